The van der Waals surface area contributed by atoms with Gasteiger partial charge in [-0.25, -0.2) is 14.0 Å². The van der Waals surface area contributed by atoms with Crippen molar-refractivity contribution in [3.05, 3.63) is 108 Å². The number of nitrogens with zero attached hydrogens (tertiary/aromatic N) is 2. The molecule has 0 aliphatic rings. The van der Waals surface area contributed by atoms with E-state index in [0.717, 1.165) is 11.1 Å². The predicted molar refractivity (Wildman–Crippen MR) is 196 cm³/mol. The Morgan fingerprint density at radius 2 is 1.55 bits per heavy atom. The Morgan fingerprint density at radius 1 is 0.941 bits per heavy atom. The number of halogens is 1. The third kappa shape index (κ3) is 11.5. The van der Waals surface area contributed by atoms with Crippen LogP contribution in [-0.2, 0) is 25.2 Å². The summed E-state index contributed by atoms with van der Waals surface area (Å²) in [5.41, 5.74) is 1.68. The first kappa shape index (κ1) is 39.3. The van der Waals surface area contributed by atoms with Crippen LogP contribution in [-0.4, -0.2) is 66.2 Å². The Kier molecular flexibility index (Phi) is 12.8. The second-order valence-electron chi connectivity index (χ2n) is 14.9. The number of amides is 1. The highest BCUT2D eigenvalue weighted by molar-refractivity contribution is 6.74. The molecule has 0 saturated heterocycles. The number of rotatable bonds is 14. The Labute approximate surface area is 301 Å². The Balaban J connectivity index is 1.39. The Hall–Kier alpha value is -4.52. The number of aliphatic hydroxyl groups excluding tert-OH is 1. The molecule has 1 amide bonds. The van der Waals surface area contributed by atoms with E-state index in [2.05, 4.69) is 44.3 Å². The average molecular weight is 720 g/mol. The molecule has 3 aromatic carbocycles. The number of alkyl carbamates (subject to hydrolysis) is 1. The second-order valence-corrected chi connectivity index (χ2v) is 19.7. The minimum Gasteiger partial charge on any atom is -0.490 e. The fourth-order valence-electron chi connectivity index (χ4n) is 4.90. The summed E-state index contributed by atoms with van der Waals surface area (Å²) < 4.78 is 40.4. The molecule has 0 spiro atoms. The smallest absolute Gasteiger partial charge is 0.407 e. The van der Waals surface area contributed by atoms with E-state index in [-0.39, 0.29) is 22.9 Å². The zero-order chi connectivity index (χ0) is 37.4. The maximum atomic E-state index is 15.4. The summed E-state index contributed by atoms with van der Waals surface area (Å²) in [5.74, 6) is -1.30. The van der Waals surface area contributed by atoms with Gasteiger partial charge in [0.05, 0.1) is 18.8 Å². The van der Waals surface area contributed by atoms with Crippen LogP contribution in [0.3, 0.4) is 0 Å². The van der Waals surface area contributed by atoms with Crippen LogP contribution in [0.25, 0.3) is 11.1 Å². The topological polar surface area (TPSA) is 121 Å². The number of hydrogen-bond donors (Lipinski definition) is 2. The van der Waals surface area contributed by atoms with Gasteiger partial charge >= 0.3 is 12.1 Å². The molecule has 1 aromatic heterocycles. The molecule has 2 N–H and O–H groups in total. The zero-order valence-corrected chi connectivity index (χ0v) is 31.7. The van der Waals surface area contributed by atoms with Crippen LogP contribution < -0.4 is 10.1 Å². The normalized spacial score (nSPS) is 13.4. The summed E-state index contributed by atoms with van der Waals surface area (Å²) in [6.45, 7) is 16.2. The molecule has 1 unspecified atom stereocenters. The molecule has 4 aromatic rings. The SMILES string of the molecule is CC(C)(C)OC(=O)NCC(Cn1cc(-c2ccc(OC[C@@H](O)C(=O)OC(c3ccccc3)c3ccccc3)cc2F)cn1)O[Si](C)(C)C(C)(C)C. The lowest BCUT2D eigenvalue weighted by molar-refractivity contribution is -0.159. The van der Waals surface area contributed by atoms with E-state index in [1.165, 1.54) is 6.07 Å². The van der Waals surface area contributed by atoms with Crippen molar-refractivity contribution in [2.75, 3.05) is 13.2 Å². The zero-order valence-electron chi connectivity index (χ0n) is 30.7. The molecular formula is C39H50FN3O7Si. The molecule has 1 heterocycles. The highest BCUT2D eigenvalue weighted by Crippen LogP contribution is 2.37. The fraction of sp³-hybridized carbons (Fsp3) is 0.410. The van der Waals surface area contributed by atoms with Crippen LogP contribution in [0.15, 0.2) is 91.3 Å². The number of benzene rings is 3. The van der Waals surface area contributed by atoms with Crippen molar-refractivity contribution in [3.8, 4) is 16.9 Å². The summed E-state index contributed by atoms with van der Waals surface area (Å²) in [7, 11) is -2.23. The number of nitrogens with one attached hydrogen (secondary N) is 1. The first-order valence-electron chi connectivity index (χ1n) is 17.0. The minimum atomic E-state index is -2.23. The third-order valence-electron chi connectivity index (χ3n) is 8.53. The maximum absolute atomic E-state index is 15.4. The number of hydrogen-bond acceptors (Lipinski definition) is 8. The van der Waals surface area contributed by atoms with Gasteiger partial charge in [-0.15, -0.1) is 0 Å². The molecule has 0 fully saturated rings. The summed E-state index contributed by atoms with van der Waals surface area (Å²) in [6, 6.07) is 22.8. The van der Waals surface area contributed by atoms with Gasteiger partial charge in [0.1, 0.15) is 23.8 Å². The first-order valence-corrected chi connectivity index (χ1v) is 19.9. The van der Waals surface area contributed by atoms with Crippen LogP contribution in [0, 0.1) is 5.82 Å². The number of carbonyl (C=O) groups excluding carboxylic acids is 2. The van der Waals surface area contributed by atoms with Crippen molar-refractivity contribution in [3.63, 3.8) is 0 Å². The average Bonchev–Trinajstić information content (AvgIpc) is 3.52. The van der Waals surface area contributed by atoms with Crippen LogP contribution in [0.1, 0.15) is 58.8 Å². The van der Waals surface area contributed by atoms with E-state index in [9.17, 15) is 14.7 Å². The molecule has 0 radical (unpaired) electrons. The summed E-state index contributed by atoms with van der Waals surface area (Å²) in [4.78, 5) is 25.3. The first-order chi connectivity index (χ1) is 23.9. The van der Waals surface area contributed by atoms with E-state index in [1.54, 1.807) is 50.0 Å². The van der Waals surface area contributed by atoms with Crippen molar-refractivity contribution in [1.29, 1.82) is 0 Å². The van der Waals surface area contributed by atoms with Crippen molar-refractivity contribution in [1.82, 2.24) is 15.1 Å². The van der Waals surface area contributed by atoms with Gasteiger partial charge in [0.2, 0.25) is 0 Å². The van der Waals surface area contributed by atoms with Gasteiger partial charge in [-0.05, 0) is 62.2 Å². The summed E-state index contributed by atoms with van der Waals surface area (Å²) >= 11 is 0. The molecule has 10 nitrogen and oxygen atoms in total. The third-order valence-corrected chi connectivity index (χ3v) is 13.1. The lowest BCUT2D eigenvalue weighted by atomic mass is 10.0. The predicted octanol–water partition coefficient (Wildman–Crippen LogP) is 7.68. The monoisotopic (exact) mass is 719 g/mol. The van der Waals surface area contributed by atoms with E-state index >= 15 is 4.39 Å². The Bertz CT molecular complexity index is 1700. The molecule has 274 valence electrons. The van der Waals surface area contributed by atoms with Crippen LogP contribution in [0.4, 0.5) is 9.18 Å². The molecule has 0 bridgehead atoms. The van der Waals surface area contributed by atoms with Crippen LogP contribution >= 0.6 is 0 Å². The molecule has 2 atom stereocenters. The standard InChI is InChI=1S/C39H50FN3O7Si/c1-38(2,3)49-37(46)41-23-31(50-51(7,8)39(4,5)6)25-43-24-29(22-42-43)32-20-19-30(21-33(32)40)47-26-34(44)36(45)48-35(27-15-11-9-12-16-27)28-17-13-10-14-18-28/h9-22,24,31,34-35,44H,23,25-26H2,1-8H3,(H,41,46)/t31?,34-/m1/s1. The van der Waals surface area contributed by atoms with E-state index in [1.807, 2.05) is 60.7 Å². The molecule has 0 aliphatic carbocycles. The van der Waals surface area contributed by atoms with Gasteiger partial charge in [-0.2, -0.15) is 5.10 Å². The largest absolute Gasteiger partial charge is 0.490 e. The van der Waals surface area contributed by atoms with Crippen molar-refractivity contribution >= 4 is 20.4 Å². The van der Waals surface area contributed by atoms with Crippen molar-refractivity contribution < 1.29 is 37.7 Å². The van der Waals surface area contributed by atoms with Gasteiger partial charge in [-0.3, -0.25) is 4.68 Å². The van der Waals surface area contributed by atoms with E-state index in [4.69, 9.17) is 18.6 Å². The summed E-state index contributed by atoms with van der Waals surface area (Å²) in [6.07, 6.45) is -0.0106. The van der Waals surface area contributed by atoms with Crippen LogP contribution in [0.5, 0.6) is 5.75 Å². The highest BCUT2D eigenvalue weighted by Gasteiger charge is 2.39. The van der Waals surface area contributed by atoms with Gasteiger partial charge in [0, 0.05) is 29.9 Å². The van der Waals surface area contributed by atoms with E-state index in [0.29, 0.717) is 12.1 Å². The molecule has 4 rings (SSSR count). The molecule has 12 heteroatoms. The molecule has 51 heavy (non-hydrogen) atoms. The van der Waals surface area contributed by atoms with E-state index < -0.39 is 56.7 Å². The molecule has 0 aliphatic heterocycles. The molecular weight excluding hydrogens is 670 g/mol. The van der Waals surface area contributed by atoms with Gasteiger partial charge < -0.3 is 29.1 Å². The van der Waals surface area contributed by atoms with Gasteiger partial charge in [0.25, 0.3) is 0 Å². The van der Waals surface area contributed by atoms with Crippen molar-refractivity contribution in [2.24, 2.45) is 0 Å². The quantitative estimate of drug-likeness (QED) is 0.101. The number of ether oxygens (including phenoxy) is 3. The van der Waals surface area contributed by atoms with Gasteiger partial charge in [-0.1, -0.05) is 81.4 Å². The number of aliphatic hydroxyl groups is 1. The lowest BCUT2D eigenvalue weighted by Gasteiger charge is -2.39. The summed E-state index contributed by atoms with van der Waals surface area (Å²) in [5, 5.41) is 17.8. The lowest BCUT2D eigenvalue weighted by Crippen LogP contribution is -2.48. The number of carbonyl (C=O) groups is 2. The highest BCUT2D eigenvalue weighted by atomic mass is 28.4. The van der Waals surface area contributed by atoms with Gasteiger partial charge in [0.15, 0.2) is 20.5 Å². The van der Waals surface area contributed by atoms with Crippen molar-refractivity contribution in [2.45, 2.75) is 90.1 Å². The fourth-order valence-corrected chi connectivity index (χ4v) is 6.25. The number of aromatic nitrogens is 2. The Morgan fingerprint density at radius 3 is 2.10 bits per heavy atom. The minimum absolute atomic E-state index is 0.0670. The maximum Gasteiger partial charge on any atom is 0.407 e. The number of esters is 1. The molecule has 0 saturated carbocycles. The van der Waals surface area contributed by atoms with Crippen LogP contribution in [0.2, 0.25) is 18.1 Å². The second kappa shape index (κ2) is 16.7.